The van der Waals surface area contributed by atoms with Crippen LogP contribution in [0.1, 0.15) is 52.8 Å². The third-order valence-corrected chi connectivity index (χ3v) is 5.46. The Bertz CT molecular complexity index is 1070. The number of nitro groups is 1. The molecule has 0 bridgehead atoms. The number of nitrogens with one attached hydrogen (secondary N) is 4. The van der Waals surface area contributed by atoms with Crippen LogP contribution in [-0.2, 0) is 4.79 Å². The first kappa shape index (κ1) is 23.8. The fourth-order valence-corrected chi connectivity index (χ4v) is 3.67. The van der Waals surface area contributed by atoms with Gasteiger partial charge in [0, 0.05) is 23.2 Å². The van der Waals surface area contributed by atoms with Gasteiger partial charge in [-0.2, -0.15) is 0 Å². The summed E-state index contributed by atoms with van der Waals surface area (Å²) in [5.41, 5.74) is 5.09. The van der Waals surface area contributed by atoms with Crippen molar-refractivity contribution in [1.29, 1.82) is 0 Å². The lowest BCUT2D eigenvalue weighted by atomic mass is 9.88. The van der Waals surface area contributed by atoms with Gasteiger partial charge in [0.1, 0.15) is 5.56 Å². The molecule has 1 saturated carbocycles. The van der Waals surface area contributed by atoms with Gasteiger partial charge in [-0.25, -0.2) is 0 Å². The fraction of sp³-hybridized carbons (Fsp3) is 0.273. The molecular weight excluding hydrogens is 446 g/mol. The Morgan fingerprint density at radius 3 is 2.24 bits per heavy atom. The Kier molecular flexibility index (Phi) is 8.03. The first-order chi connectivity index (χ1) is 15.8. The minimum Gasteiger partial charge on any atom is -0.326 e. The second-order valence-corrected chi connectivity index (χ2v) is 7.95. The van der Waals surface area contributed by atoms with Gasteiger partial charge in [-0.15, -0.1) is 0 Å². The number of nitro benzene ring substituents is 1. The number of hydrazine groups is 1. The van der Waals surface area contributed by atoms with Crippen LogP contribution >= 0.6 is 12.2 Å². The molecule has 0 atom stereocenters. The van der Waals surface area contributed by atoms with Crippen LogP contribution in [0.25, 0.3) is 0 Å². The van der Waals surface area contributed by atoms with Crippen molar-refractivity contribution in [3.05, 3.63) is 69.8 Å². The molecule has 3 rings (SSSR count). The highest BCUT2D eigenvalue weighted by Gasteiger charge is 2.21. The van der Waals surface area contributed by atoms with Crippen molar-refractivity contribution < 1.29 is 19.3 Å². The van der Waals surface area contributed by atoms with Crippen LogP contribution in [0.2, 0.25) is 0 Å². The highest BCUT2D eigenvalue weighted by molar-refractivity contribution is 7.80. The average Bonchev–Trinajstić information content (AvgIpc) is 2.83. The lowest BCUT2D eigenvalue weighted by molar-refractivity contribution is -0.385. The van der Waals surface area contributed by atoms with Crippen molar-refractivity contribution >= 4 is 46.4 Å². The number of thiocarbonyl (C=S) groups is 1. The summed E-state index contributed by atoms with van der Waals surface area (Å²) in [4.78, 5) is 47.2. The zero-order valence-electron chi connectivity index (χ0n) is 17.6. The summed E-state index contributed by atoms with van der Waals surface area (Å²) in [6, 6.07) is 11.8. The molecule has 10 nitrogen and oxygen atoms in total. The van der Waals surface area contributed by atoms with Gasteiger partial charge in [-0.3, -0.25) is 40.7 Å². The van der Waals surface area contributed by atoms with Crippen molar-refractivity contribution in [2.45, 2.75) is 32.1 Å². The zero-order chi connectivity index (χ0) is 23.8. The number of carbonyl (C=O) groups excluding carboxylic acids is 3. The highest BCUT2D eigenvalue weighted by Crippen LogP contribution is 2.25. The molecule has 172 valence electrons. The van der Waals surface area contributed by atoms with Crippen LogP contribution in [0.3, 0.4) is 0 Å². The van der Waals surface area contributed by atoms with Crippen molar-refractivity contribution in [2.75, 3.05) is 5.32 Å². The molecule has 1 fully saturated rings. The van der Waals surface area contributed by atoms with Crippen LogP contribution in [0, 0.1) is 16.0 Å². The number of nitrogens with zero attached hydrogens (tertiary/aromatic N) is 1. The van der Waals surface area contributed by atoms with Gasteiger partial charge in [0.05, 0.1) is 4.92 Å². The SMILES string of the molecule is O=C(NNC(=S)NC(=O)c1ccccc1[N+](=O)[O-])c1ccc(NC(=O)C2CCCCC2)cc1. The molecule has 33 heavy (non-hydrogen) atoms. The van der Waals surface area contributed by atoms with Gasteiger partial charge in [0.2, 0.25) is 5.91 Å². The molecule has 3 amide bonds. The third-order valence-electron chi connectivity index (χ3n) is 5.25. The minimum absolute atomic E-state index is 0.00619. The second-order valence-electron chi connectivity index (χ2n) is 7.54. The molecule has 11 heteroatoms. The highest BCUT2D eigenvalue weighted by atomic mass is 32.1. The Morgan fingerprint density at radius 2 is 1.58 bits per heavy atom. The molecule has 0 unspecified atom stereocenters. The van der Waals surface area contributed by atoms with E-state index in [1.165, 1.54) is 30.7 Å². The first-order valence-corrected chi connectivity index (χ1v) is 10.8. The van der Waals surface area contributed by atoms with Crippen LogP contribution < -0.4 is 21.5 Å². The summed E-state index contributed by atoms with van der Waals surface area (Å²) >= 11 is 4.96. The van der Waals surface area contributed by atoms with E-state index in [0.29, 0.717) is 11.3 Å². The van der Waals surface area contributed by atoms with E-state index in [1.807, 2.05) is 0 Å². The Morgan fingerprint density at radius 1 is 0.909 bits per heavy atom. The zero-order valence-corrected chi connectivity index (χ0v) is 18.4. The Labute approximate surface area is 195 Å². The van der Waals surface area contributed by atoms with Crippen molar-refractivity contribution in [3.8, 4) is 0 Å². The lowest BCUT2D eigenvalue weighted by Crippen LogP contribution is -2.48. The number of benzene rings is 2. The molecule has 1 aliphatic carbocycles. The van der Waals surface area contributed by atoms with E-state index in [4.69, 9.17) is 12.2 Å². The maximum atomic E-state index is 12.3. The smallest absolute Gasteiger partial charge is 0.282 e. The van der Waals surface area contributed by atoms with E-state index in [9.17, 15) is 24.5 Å². The molecule has 0 radical (unpaired) electrons. The number of anilines is 1. The number of amides is 3. The van der Waals surface area contributed by atoms with E-state index in [1.54, 1.807) is 24.3 Å². The summed E-state index contributed by atoms with van der Waals surface area (Å²) < 4.78 is 0. The molecule has 4 N–H and O–H groups in total. The van der Waals surface area contributed by atoms with Gasteiger partial charge < -0.3 is 5.32 Å². The number of para-hydroxylation sites is 1. The largest absolute Gasteiger partial charge is 0.326 e. The van der Waals surface area contributed by atoms with E-state index in [0.717, 1.165) is 25.7 Å². The number of hydrogen-bond acceptors (Lipinski definition) is 6. The van der Waals surface area contributed by atoms with Crippen molar-refractivity contribution in [2.24, 2.45) is 5.92 Å². The third kappa shape index (κ3) is 6.56. The molecule has 0 heterocycles. The standard InChI is InChI=1S/C22H23N5O5S/c28-19(14-6-2-1-3-7-14)23-16-12-10-15(11-13-16)20(29)25-26-22(33)24-21(30)17-8-4-5-9-18(17)27(31)32/h4-5,8-14H,1-3,6-7H2,(H,23,28)(H,25,29)(H2,24,26,30,33). The van der Waals surface area contributed by atoms with Crippen molar-refractivity contribution in [1.82, 2.24) is 16.2 Å². The van der Waals surface area contributed by atoms with Crippen LogP contribution in [-0.4, -0.2) is 27.8 Å². The molecule has 0 aliphatic heterocycles. The van der Waals surface area contributed by atoms with Crippen molar-refractivity contribution in [3.63, 3.8) is 0 Å². The van der Waals surface area contributed by atoms with E-state index < -0.39 is 16.7 Å². The number of rotatable bonds is 5. The topological polar surface area (TPSA) is 142 Å². The molecule has 1 aliphatic rings. The number of hydrogen-bond donors (Lipinski definition) is 4. The van der Waals surface area contributed by atoms with Crippen LogP contribution in [0.5, 0.6) is 0 Å². The Balaban J connectivity index is 1.49. The van der Waals surface area contributed by atoms with Gasteiger partial charge in [-0.1, -0.05) is 31.4 Å². The molecular formula is C22H23N5O5S. The summed E-state index contributed by atoms with van der Waals surface area (Å²) in [5, 5.41) is 16.0. The molecule has 0 aromatic heterocycles. The maximum absolute atomic E-state index is 12.3. The van der Waals surface area contributed by atoms with Gasteiger partial charge >= 0.3 is 0 Å². The van der Waals surface area contributed by atoms with Crippen LogP contribution in [0.15, 0.2) is 48.5 Å². The number of carbonyl (C=O) groups is 3. The van der Waals surface area contributed by atoms with E-state index in [2.05, 4.69) is 21.5 Å². The average molecular weight is 470 g/mol. The van der Waals surface area contributed by atoms with Gasteiger partial charge in [0.25, 0.3) is 17.5 Å². The van der Waals surface area contributed by atoms with E-state index >= 15 is 0 Å². The summed E-state index contributed by atoms with van der Waals surface area (Å²) in [6.45, 7) is 0. The van der Waals surface area contributed by atoms with Gasteiger partial charge in [0.15, 0.2) is 5.11 Å². The lowest BCUT2D eigenvalue weighted by Gasteiger charge is -2.20. The second kappa shape index (κ2) is 11.1. The summed E-state index contributed by atoms with van der Waals surface area (Å²) in [6.07, 6.45) is 5.09. The molecule has 2 aromatic rings. The first-order valence-electron chi connectivity index (χ1n) is 10.4. The molecule has 0 saturated heterocycles. The van der Waals surface area contributed by atoms with Crippen LogP contribution in [0.4, 0.5) is 11.4 Å². The van der Waals surface area contributed by atoms with E-state index in [-0.39, 0.29) is 28.2 Å². The monoisotopic (exact) mass is 469 g/mol. The quantitative estimate of drug-likeness (QED) is 0.299. The predicted molar refractivity (Wildman–Crippen MR) is 125 cm³/mol. The predicted octanol–water partition coefficient (Wildman–Crippen LogP) is 3.06. The minimum atomic E-state index is -0.785. The summed E-state index contributed by atoms with van der Waals surface area (Å²) in [5.74, 6) is -1.29. The Hall–Kier alpha value is -3.86. The fourth-order valence-electron chi connectivity index (χ4n) is 3.53. The molecule has 2 aromatic carbocycles. The summed E-state index contributed by atoms with van der Waals surface area (Å²) in [7, 11) is 0. The van der Waals surface area contributed by atoms with Gasteiger partial charge in [-0.05, 0) is 55.4 Å². The molecule has 0 spiro atoms. The normalized spacial score (nSPS) is 13.5. The maximum Gasteiger partial charge on any atom is 0.282 e.